The second-order valence-corrected chi connectivity index (χ2v) is 8.25. The molecule has 3 heterocycles. The zero-order chi connectivity index (χ0) is 21.4. The van der Waals surface area contributed by atoms with E-state index in [0.29, 0.717) is 30.5 Å². The van der Waals surface area contributed by atoms with Gasteiger partial charge in [0.25, 0.3) is 0 Å². The molecule has 1 saturated carbocycles. The number of H-pyrrole nitrogens is 1. The highest BCUT2D eigenvalue weighted by Gasteiger charge is 2.23. The van der Waals surface area contributed by atoms with E-state index in [1.807, 2.05) is 31.2 Å². The molecule has 1 unspecified atom stereocenters. The van der Waals surface area contributed by atoms with E-state index in [-0.39, 0.29) is 0 Å². The number of anilines is 5. The van der Waals surface area contributed by atoms with Crippen molar-refractivity contribution in [1.29, 1.82) is 0 Å². The third-order valence-electron chi connectivity index (χ3n) is 5.94. The molecule has 1 aromatic carbocycles. The minimum Gasteiger partial charge on any atom is -0.480 e. The summed E-state index contributed by atoms with van der Waals surface area (Å²) in [6, 6.07) is 9.20. The van der Waals surface area contributed by atoms with Crippen LogP contribution in [-0.2, 0) is 11.2 Å². The number of aromatic nitrogens is 4. The van der Waals surface area contributed by atoms with Crippen LogP contribution in [0.25, 0.3) is 0 Å². The van der Waals surface area contributed by atoms with E-state index in [9.17, 15) is 9.90 Å². The monoisotopic (exact) mass is 419 g/mol. The lowest BCUT2D eigenvalue weighted by Crippen LogP contribution is -2.33. The van der Waals surface area contributed by atoms with Crippen LogP contribution < -0.4 is 16.0 Å². The van der Waals surface area contributed by atoms with Crippen LogP contribution in [-0.4, -0.2) is 37.3 Å². The molecule has 2 aromatic heterocycles. The van der Waals surface area contributed by atoms with Crippen LogP contribution in [0.5, 0.6) is 0 Å². The average molecular weight is 419 g/mol. The van der Waals surface area contributed by atoms with E-state index < -0.39 is 12.0 Å². The first-order valence-corrected chi connectivity index (χ1v) is 10.6. The fourth-order valence-electron chi connectivity index (χ4n) is 4.04. The molecule has 2 aliphatic rings. The van der Waals surface area contributed by atoms with Crippen molar-refractivity contribution >= 4 is 34.9 Å². The zero-order valence-electron chi connectivity index (χ0n) is 17.3. The summed E-state index contributed by atoms with van der Waals surface area (Å²) in [7, 11) is 0. The molecule has 0 amide bonds. The Morgan fingerprint density at radius 1 is 1.10 bits per heavy atom. The van der Waals surface area contributed by atoms with E-state index in [0.717, 1.165) is 28.5 Å². The van der Waals surface area contributed by atoms with Gasteiger partial charge >= 0.3 is 5.97 Å². The van der Waals surface area contributed by atoms with Crippen molar-refractivity contribution in [2.75, 3.05) is 16.0 Å². The van der Waals surface area contributed by atoms with E-state index in [1.165, 1.54) is 25.0 Å². The third kappa shape index (κ3) is 4.16. The minimum absolute atomic E-state index is 0.490. The molecule has 0 saturated heterocycles. The van der Waals surface area contributed by atoms with Crippen molar-refractivity contribution in [1.82, 2.24) is 20.2 Å². The number of hydrogen-bond donors (Lipinski definition) is 5. The molecule has 0 spiro atoms. The lowest BCUT2D eigenvalue weighted by molar-refractivity contribution is -0.138. The number of nitrogens with zero attached hydrogens (tertiary/aromatic N) is 3. The molecular formula is C22H25N7O2. The summed E-state index contributed by atoms with van der Waals surface area (Å²) in [4.78, 5) is 20.3. The Bertz CT molecular complexity index is 1120. The van der Waals surface area contributed by atoms with Gasteiger partial charge < -0.3 is 21.1 Å². The second-order valence-electron chi connectivity index (χ2n) is 8.25. The predicted octanol–water partition coefficient (Wildman–Crippen LogP) is 4.07. The third-order valence-corrected chi connectivity index (χ3v) is 5.94. The van der Waals surface area contributed by atoms with Crippen LogP contribution in [0.4, 0.5) is 29.0 Å². The molecule has 1 aliphatic carbocycles. The fraction of sp³-hybridized carbons (Fsp3) is 0.364. The topological polar surface area (TPSA) is 128 Å². The maximum Gasteiger partial charge on any atom is 0.326 e. The van der Waals surface area contributed by atoms with Gasteiger partial charge in [-0.05, 0) is 56.4 Å². The smallest absolute Gasteiger partial charge is 0.326 e. The standard InChI is InChI=1S/C22H25N7O2/c1-12-9-19(26-20-11-18(28-29-20)13-3-2-4-13)27-22(23-12)24-15-6-8-16-14(10-15)5-7-17(25-16)21(30)31/h6,8-11,13,17,25H,2-5,7H2,1H3,(H,30,31)(H3,23,24,26,27,28,29). The summed E-state index contributed by atoms with van der Waals surface area (Å²) < 4.78 is 0. The molecule has 9 nitrogen and oxygen atoms in total. The number of carboxylic acids is 1. The molecule has 0 radical (unpaired) electrons. The van der Waals surface area contributed by atoms with Gasteiger partial charge in [0.05, 0.1) is 0 Å². The number of aromatic amines is 1. The summed E-state index contributed by atoms with van der Waals surface area (Å²) in [5, 5.41) is 26.3. The number of fused-ring (bicyclic) bond motifs is 1. The fourth-order valence-corrected chi connectivity index (χ4v) is 4.04. The molecular weight excluding hydrogens is 394 g/mol. The van der Waals surface area contributed by atoms with Gasteiger partial charge in [0.2, 0.25) is 5.95 Å². The van der Waals surface area contributed by atoms with Crippen molar-refractivity contribution in [3.8, 4) is 0 Å². The van der Waals surface area contributed by atoms with Gasteiger partial charge in [-0.2, -0.15) is 10.1 Å². The van der Waals surface area contributed by atoms with Crippen molar-refractivity contribution in [3.63, 3.8) is 0 Å². The van der Waals surface area contributed by atoms with Crippen molar-refractivity contribution in [2.24, 2.45) is 0 Å². The SMILES string of the molecule is Cc1cc(Nc2cc(C3CCC3)[nH]n2)nc(Nc2ccc3c(c2)CCC(C(=O)O)N3)n1. The summed E-state index contributed by atoms with van der Waals surface area (Å²) in [6.45, 7) is 1.92. The van der Waals surface area contributed by atoms with Gasteiger partial charge in [0.1, 0.15) is 11.9 Å². The number of aryl methyl sites for hydroxylation is 2. The number of hydrogen-bond acceptors (Lipinski definition) is 7. The molecule has 31 heavy (non-hydrogen) atoms. The number of aliphatic carboxylic acids is 1. The zero-order valence-corrected chi connectivity index (χ0v) is 17.3. The molecule has 5 rings (SSSR count). The van der Waals surface area contributed by atoms with Crippen LogP contribution in [0.3, 0.4) is 0 Å². The van der Waals surface area contributed by atoms with Crippen molar-refractivity contribution < 1.29 is 9.90 Å². The molecule has 5 N–H and O–H groups in total. The highest BCUT2D eigenvalue weighted by atomic mass is 16.4. The van der Waals surface area contributed by atoms with Gasteiger partial charge in [-0.1, -0.05) is 6.42 Å². The Morgan fingerprint density at radius 2 is 1.97 bits per heavy atom. The normalized spacial score (nSPS) is 17.9. The predicted molar refractivity (Wildman–Crippen MR) is 118 cm³/mol. The van der Waals surface area contributed by atoms with Crippen LogP contribution in [0.2, 0.25) is 0 Å². The summed E-state index contributed by atoms with van der Waals surface area (Å²) in [6.07, 6.45) is 4.99. The first-order chi connectivity index (χ1) is 15.0. The largest absolute Gasteiger partial charge is 0.480 e. The Hall–Kier alpha value is -3.62. The minimum atomic E-state index is -0.822. The average Bonchev–Trinajstić information content (AvgIpc) is 3.13. The van der Waals surface area contributed by atoms with Crippen molar-refractivity contribution in [2.45, 2.75) is 51.0 Å². The van der Waals surface area contributed by atoms with Gasteiger partial charge in [-0.3, -0.25) is 5.10 Å². The van der Waals surface area contributed by atoms with E-state index in [1.54, 1.807) is 0 Å². The Kier molecular flexibility index (Phi) is 4.93. The van der Waals surface area contributed by atoms with Gasteiger partial charge in [-0.15, -0.1) is 0 Å². The maximum absolute atomic E-state index is 11.2. The number of rotatable bonds is 6. The molecule has 3 aromatic rings. The quantitative estimate of drug-likeness (QED) is 0.404. The lowest BCUT2D eigenvalue weighted by atomic mass is 9.83. The summed E-state index contributed by atoms with van der Waals surface area (Å²) in [5.41, 5.74) is 4.80. The number of carbonyl (C=O) groups is 1. The van der Waals surface area contributed by atoms with E-state index in [2.05, 4.69) is 42.2 Å². The number of carboxylic acid groups (broad SMARTS) is 1. The molecule has 1 atom stereocenters. The molecule has 9 heteroatoms. The highest BCUT2D eigenvalue weighted by Crippen LogP contribution is 2.36. The second kappa shape index (κ2) is 7.90. The molecule has 160 valence electrons. The molecule has 1 aliphatic heterocycles. The van der Waals surface area contributed by atoms with E-state index >= 15 is 0 Å². The first-order valence-electron chi connectivity index (χ1n) is 10.6. The summed E-state index contributed by atoms with van der Waals surface area (Å²) in [5.74, 6) is 1.68. The van der Waals surface area contributed by atoms with Crippen LogP contribution >= 0.6 is 0 Å². The van der Waals surface area contributed by atoms with Crippen molar-refractivity contribution in [3.05, 3.63) is 47.3 Å². The van der Waals surface area contributed by atoms with Crippen LogP contribution in [0.15, 0.2) is 30.3 Å². The van der Waals surface area contributed by atoms with Gasteiger partial charge in [-0.25, -0.2) is 9.78 Å². The number of benzene rings is 1. The summed E-state index contributed by atoms with van der Waals surface area (Å²) >= 11 is 0. The van der Waals surface area contributed by atoms with E-state index in [4.69, 9.17) is 0 Å². The maximum atomic E-state index is 11.2. The highest BCUT2D eigenvalue weighted by molar-refractivity contribution is 5.79. The number of nitrogens with one attached hydrogen (secondary N) is 4. The Morgan fingerprint density at radius 3 is 2.74 bits per heavy atom. The Labute approximate surface area is 179 Å². The first kappa shape index (κ1) is 19.3. The molecule has 0 bridgehead atoms. The van der Waals surface area contributed by atoms with Crippen LogP contribution in [0, 0.1) is 6.92 Å². The van der Waals surface area contributed by atoms with Gasteiger partial charge in [0.15, 0.2) is 5.82 Å². The van der Waals surface area contributed by atoms with Crippen LogP contribution in [0.1, 0.15) is 48.6 Å². The van der Waals surface area contributed by atoms with Gasteiger partial charge in [0, 0.05) is 40.8 Å². The lowest BCUT2D eigenvalue weighted by Gasteiger charge is -2.24. The Balaban J connectivity index is 1.30. The molecule has 1 fully saturated rings.